The van der Waals surface area contributed by atoms with Crippen molar-refractivity contribution >= 4 is 11.5 Å². The van der Waals surface area contributed by atoms with Crippen molar-refractivity contribution in [1.82, 2.24) is 9.78 Å². The van der Waals surface area contributed by atoms with Crippen molar-refractivity contribution in [3.63, 3.8) is 0 Å². The number of hydrogen-bond acceptors (Lipinski definition) is 3. The first-order valence-electron chi connectivity index (χ1n) is 5.51. The minimum Gasteiger partial charge on any atom is -0.399 e. The third-order valence-corrected chi connectivity index (χ3v) is 2.75. The van der Waals surface area contributed by atoms with Crippen molar-refractivity contribution in [2.75, 3.05) is 5.73 Å². The average molecular weight is 228 g/mol. The van der Waals surface area contributed by atoms with Gasteiger partial charge in [-0.1, -0.05) is 25.6 Å². The Bertz CT molecular complexity index is 537. The molecule has 0 spiro atoms. The maximum Gasteiger partial charge on any atom is 0.130 e. The number of aryl methyl sites for hydroxylation is 1. The Balaban J connectivity index is 2.39. The Hall–Kier alpha value is -2.23. The van der Waals surface area contributed by atoms with Gasteiger partial charge in [-0.15, -0.1) is 0 Å². The van der Waals surface area contributed by atoms with Crippen molar-refractivity contribution in [3.05, 3.63) is 48.2 Å². The summed E-state index contributed by atoms with van der Waals surface area (Å²) in [5.41, 5.74) is 15.1. The Kier molecular flexibility index (Phi) is 2.87. The van der Waals surface area contributed by atoms with E-state index in [2.05, 4.69) is 18.6 Å². The van der Waals surface area contributed by atoms with Crippen LogP contribution in [0.2, 0.25) is 0 Å². The van der Waals surface area contributed by atoms with Crippen LogP contribution in [0, 0.1) is 0 Å². The van der Waals surface area contributed by atoms with Crippen LogP contribution in [0.5, 0.6) is 0 Å². The number of hydrogen-bond donors (Lipinski definition) is 2. The van der Waals surface area contributed by atoms with Gasteiger partial charge in [0.25, 0.3) is 0 Å². The molecule has 2 rings (SSSR count). The molecule has 0 saturated heterocycles. The van der Waals surface area contributed by atoms with Gasteiger partial charge < -0.3 is 11.5 Å². The van der Waals surface area contributed by atoms with Gasteiger partial charge in [-0.25, -0.2) is 4.68 Å². The Morgan fingerprint density at radius 2 is 2.00 bits per heavy atom. The highest BCUT2D eigenvalue weighted by Gasteiger charge is 2.07. The lowest BCUT2D eigenvalue weighted by Gasteiger charge is -2.06. The quantitative estimate of drug-likeness (QED) is 0.843. The molecule has 0 amide bonds. The van der Waals surface area contributed by atoms with E-state index in [-0.39, 0.29) is 0 Å². The smallest absolute Gasteiger partial charge is 0.130 e. The lowest BCUT2D eigenvalue weighted by molar-refractivity contribution is 0.891. The number of nitrogen functional groups attached to an aromatic ring is 1. The largest absolute Gasteiger partial charge is 0.399 e. The van der Waals surface area contributed by atoms with Gasteiger partial charge >= 0.3 is 0 Å². The summed E-state index contributed by atoms with van der Waals surface area (Å²) in [5.74, 6) is 0.687. The van der Waals surface area contributed by atoms with E-state index in [1.54, 1.807) is 10.9 Å². The molecule has 4 heteroatoms. The minimum atomic E-state index is 0.555. The van der Waals surface area contributed by atoms with E-state index in [4.69, 9.17) is 11.5 Å². The lowest BCUT2D eigenvalue weighted by Crippen LogP contribution is -2.03. The van der Waals surface area contributed by atoms with E-state index in [0.717, 1.165) is 23.2 Å². The second-order valence-corrected chi connectivity index (χ2v) is 3.89. The van der Waals surface area contributed by atoms with Gasteiger partial charge in [0.05, 0.1) is 11.9 Å². The summed E-state index contributed by atoms with van der Waals surface area (Å²) in [5, 5.41) is 4.27. The molecule has 4 nitrogen and oxygen atoms in total. The fraction of sp³-hybridized carbons (Fsp3) is 0.154. The molecule has 1 aromatic heterocycles. The van der Waals surface area contributed by atoms with Gasteiger partial charge in [0, 0.05) is 11.3 Å². The molecule has 0 unspecified atom stereocenters. The predicted octanol–water partition coefficient (Wildman–Crippen LogP) is 1.95. The molecule has 1 aromatic carbocycles. The lowest BCUT2D eigenvalue weighted by atomic mass is 10.1. The summed E-state index contributed by atoms with van der Waals surface area (Å²) in [6.07, 6.45) is 2.68. The Morgan fingerprint density at radius 3 is 2.47 bits per heavy atom. The number of nitrogens with zero attached hydrogens (tertiary/aromatic N) is 2. The normalized spacial score (nSPS) is 10.4. The maximum atomic E-state index is 6.00. The summed E-state index contributed by atoms with van der Waals surface area (Å²) in [6.45, 7) is 5.75. The van der Waals surface area contributed by atoms with Crippen molar-refractivity contribution in [3.8, 4) is 5.69 Å². The van der Waals surface area contributed by atoms with Crippen LogP contribution in [0.3, 0.4) is 0 Å². The summed E-state index contributed by atoms with van der Waals surface area (Å²) >= 11 is 0. The van der Waals surface area contributed by atoms with E-state index in [9.17, 15) is 0 Å². The van der Waals surface area contributed by atoms with Crippen molar-refractivity contribution in [2.45, 2.75) is 13.3 Å². The molecule has 0 aliphatic carbocycles. The number of benzene rings is 1. The van der Waals surface area contributed by atoms with Gasteiger partial charge in [0.15, 0.2) is 0 Å². The third-order valence-electron chi connectivity index (χ3n) is 2.75. The van der Waals surface area contributed by atoms with E-state index in [1.165, 1.54) is 0 Å². The second kappa shape index (κ2) is 4.33. The third kappa shape index (κ3) is 2.01. The van der Waals surface area contributed by atoms with E-state index in [0.29, 0.717) is 11.5 Å². The van der Waals surface area contributed by atoms with E-state index in [1.807, 2.05) is 24.3 Å². The molecule has 4 N–H and O–H groups in total. The second-order valence-electron chi connectivity index (χ2n) is 3.89. The van der Waals surface area contributed by atoms with Crippen LogP contribution < -0.4 is 11.5 Å². The summed E-state index contributed by atoms with van der Waals surface area (Å²) < 4.78 is 1.72. The standard InChI is InChI=1S/C13H16N4/c1-3-10-8-16-17(13(10)15)12-6-4-11(5-7-12)9(2)14/h4-8H,2-3,14-15H2,1H3. The van der Waals surface area contributed by atoms with Crippen LogP contribution in [0.1, 0.15) is 18.1 Å². The fourth-order valence-electron chi connectivity index (χ4n) is 1.69. The number of anilines is 1. The predicted molar refractivity (Wildman–Crippen MR) is 70.6 cm³/mol. The Morgan fingerprint density at radius 1 is 1.35 bits per heavy atom. The molecule has 2 aromatic rings. The van der Waals surface area contributed by atoms with Crippen molar-refractivity contribution in [2.24, 2.45) is 5.73 Å². The topological polar surface area (TPSA) is 69.9 Å². The molecule has 0 radical (unpaired) electrons. The van der Waals surface area contributed by atoms with E-state index >= 15 is 0 Å². The molecule has 17 heavy (non-hydrogen) atoms. The first-order valence-corrected chi connectivity index (χ1v) is 5.51. The molecule has 0 bridgehead atoms. The fourth-order valence-corrected chi connectivity index (χ4v) is 1.69. The van der Waals surface area contributed by atoms with Crippen molar-refractivity contribution in [1.29, 1.82) is 0 Å². The zero-order valence-corrected chi connectivity index (χ0v) is 9.85. The number of rotatable bonds is 3. The summed E-state index contributed by atoms with van der Waals surface area (Å²) in [7, 11) is 0. The molecule has 0 aliphatic heterocycles. The zero-order chi connectivity index (χ0) is 12.4. The molecule has 1 heterocycles. The van der Waals surface area contributed by atoms with Gasteiger partial charge in [0.2, 0.25) is 0 Å². The molecular formula is C13H16N4. The van der Waals surface area contributed by atoms with Crippen LogP contribution >= 0.6 is 0 Å². The van der Waals surface area contributed by atoms with Crippen LogP contribution in [-0.2, 0) is 6.42 Å². The highest BCUT2D eigenvalue weighted by molar-refractivity contribution is 5.61. The highest BCUT2D eigenvalue weighted by atomic mass is 15.3. The first-order chi connectivity index (χ1) is 8.13. The molecule has 88 valence electrons. The molecule has 0 aliphatic rings. The van der Waals surface area contributed by atoms with Gasteiger partial charge in [-0.2, -0.15) is 5.10 Å². The minimum absolute atomic E-state index is 0.555. The maximum absolute atomic E-state index is 6.00. The molecule has 0 atom stereocenters. The molecule has 0 saturated carbocycles. The molecule has 0 fully saturated rings. The number of nitrogens with two attached hydrogens (primary N) is 2. The van der Waals surface area contributed by atoms with Gasteiger partial charge in [0.1, 0.15) is 5.82 Å². The van der Waals surface area contributed by atoms with Crippen LogP contribution in [0.15, 0.2) is 37.0 Å². The van der Waals surface area contributed by atoms with Crippen molar-refractivity contribution < 1.29 is 0 Å². The SMILES string of the molecule is C=C(N)c1ccc(-n2ncc(CC)c2N)cc1. The number of aromatic nitrogens is 2. The van der Waals surface area contributed by atoms with Crippen LogP contribution in [0.4, 0.5) is 5.82 Å². The summed E-state index contributed by atoms with van der Waals surface area (Å²) in [4.78, 5) is 0. The van der Waals surface area contributed by atoms with Gasteiger partial charge in [-0.3, -0.25) is 0 Å². The van der Waals surface area contributed by atoms with Gasteiger partial charge in [-0.05, 0) is 24.1 Å². The highest BCUT2D eigenvalue weighted by Crippen LogP contribution is 2.18. The van der Waals surface area contributed by atoms with E-state index < -0.39 is 0 Å². The monoisotopic (exact) mass is 228 g/mol. The first kappa shape index (κ1) is 11.3. The van der Waals surface area contributed by atoms with Crippen LogP contribution in [0.25, 0.3) is 11.4 Å². The summed E-state index contributed by atoms with van der Waals surface area (Å²) in [6, 6.07) is 7.67. The van der Waals surface area contributed by atoms with Crippen LogP contribution in [-0.4, -0.2) is 9.78 Å². The Labute approximate surface area is 101 Å². The average Bonchev–Trinajstić information content (AvgIpc) is 2.70. The zero-order valence-electron chi connectivity index (χ0n) is 9.85. The molecular weight excluding hydrogens is 212 g/mol.